The first-order chi connectivity index (χ1) is 8.63. The quantitative estimate of drug-likeness (QED) is 0.729. The highest BCUT2D eigenvalue weighted by molar-refractivity contribution is 5.76. The summed E-state index contributed by atoms with van der Waals surface area (Å²) in [6.07, 6.45) is 6.92. The Bertz CT molecular complexity index is 372. The van der Waals surface area contributed by atoms with Crippen molar-refractivity contribution < 1.29 is 9.59 Å². The maximum Gasteiger partial charge on any atom is 0.219 e. The summed E-state index contributed by atoms with van der Waals surface area (Å²) in [6, 6.07) is -0.203. The Morgan fingerprint density at radius 2 is 2.28 bits per heavy atom. The lowest BCUT2D eigenvalue weighted by Gasteiger charge is -2.27. The van der Waals surface area contributed by atoms with E-state index in [0.717, 1.165) is 24.9 Å². The maximum absolute atomic E-state index is 11.2. The third kappa shape index (κ3) is 3.45. The van der Waals surface area contributed by atoms with Crippen LogP contribution in [0.4, 0.5) is 0 Å². The number of nitrogens with zero attached hydrogens (tertiary/aromatic N) is 1. The van der Waals surface area contributed by atoms with Crippen LogP contribution in [0.25, 0.3) is 0 Å². The smallest absolute Gasteiger partial charge is 0.219 e. The van der Waals surface area contributed by atoms with Crippen molar-refractivity contribution in [2.45, 2.75) is 39.2 Å². The lowest BCUT2D eigenvalue weighted by atomic mass is 10.1. The largest absolute Gasteiger partial charge is 0.362 e. The van der Waals surface area contributed by atoms with Gasteiger partial charge in [0.1, 0.15) is 6.29 Å². The van der Waals surface area contributed by atoms with Crippen molar-refractivity contribution >= 4 is 12.2 Å². The number of nitrogens with one attached hydrogen (secondary N) is 1. The first kappa shape index (κ1) is 14.5. The second kappa shape index (κ2) is 6.99. The van der Waals surface area contributed by atoms with Gasteiger partial charge in [-0.25, -0.2) is 0 Å². The molecule has 4 heteroatoms. The molecule has 1 aliphatic rings. The van der Waals surface area contributed by atoms with E-state index in [1.165, 1.54) is 5.57 Å². The van der Waals surface area contributed by atoms with E-state index in [4.69, 9.17) is 0 Å². The van der Waals surface area contributed by atoms with Crippen LogP contribution < -0.4 is 5.32 Å². The monoisotopic (exact) mass is 250 g/mol. The Kier molecular flexibility index (Phi) is 5.62. The first-order valence-corrected chi connectivity index (χ1v) is 6.39. The molecule has 0 radical (unpaired) electrons. The average molecular weight is 250 g/mol. The van der Waals surface area contributed by atoms with Crippen LogP contribution in [0.5, 0.6) is 0 Å². The van der Waals surface area contributed by atoms with Crippen LogP contribution >= 0.6 is 0 Å². The van der Waals surface area contributed by atoms with E-state index in [-0.39, 0.29) is 11.9 Å². The fourth-order valence-electron chi connectivity index (χ4n) is 2.22. The summed E-state index contributed by atoms with van der Waals surface area (Å²) in [4.78, 5) is 24.6. The molecule has 0 spiro atoms. The molecule has 18 heavy (non-hydrogen) atoms. The maximum atomic E-state index is 11.2. The minimum atomic E-state index is -0.203. The molecule has 4 nitrogen and oxygen atoms in total. The predicted molar refractivity (Wildman–Crippen MR) is 72.0 cm³/mol. The molecule has 0 aliphatic carbocycles. The van der Waals surface area contributed by atoms with Gasteiger partial charge in [-0.3, -0.25) is 4.79 Å². The van der Waals surface area contributed by atoms with Gasteiger partial charge in [-0.1, -0.05) is 6.08 Å². The van der Waals surface area contributed by atoms with E-state index in [0.29, 0.717) is 12.8 Å². The minimum Gasteiger partial charge on any atom is -0.362 e. The summed E-state index contributed by atoms with van der Waals surface area (Å²) in [5.41, 5.74) is 2.44. The van der Waals surface area contributed by atoms with Gasteiger partial charge < -0.3 is 15.0 Å². The Morgan fingerprint density at radius 3 is 2.83 bits per heavy atom. The highest BCUT2D eigenvalue weighted by Gasteiger charge is 2.25. The fraction of sp³-hybridized carbons (Fsp3) is 0.571. The van der Waals surface area contributed by atoms with Gasteiger partial charge in [0.25, 0.3) is 0 Å². The zero-order chi connectivity index (χ0) is 13.5. The van der Waals surface area contributed by atoms with Crippen LogP contribution in [0, 0.1) is 0 Å². The third-order valence-corrected chi connectivity index (χ3v) is 3.30. The number of hydrogen-bond donors (Lipinski definition) is 1. The lowest BCUT2D eigenvalue weighted by Crippen LogP contribution is -2.34. The number of carbonyl (C=O) groups is 2. The molecule has 1 amide bonds. The molecule has 1 rings (SSSR count). The number of hydrogen-bond acceptors (Lipinski definition) is 3. The summed E-state index contributed by atoms with van der Waals surface area (Å²) in [6.45, 7) is 4.93. The van der Waals surface area contributed by atoms with Gasteiger partial charge in [0.05, 0.1) is 6.04 Å². The minimum absolute atomic E-state index is 0.0191. The topological polar surface area (TPSA) is 49.4 Å². The Hall–Kier alpha value is -1.58. The van der Waals surface area contributed by atoms with Crippen LogP contribution in [0.3, 0.4) is 0 Å². The van der Waals surface area contributed by atoms with Crippen LogP contribution in [0.1, 0.15) is 33.1 Å². The van der Waals surface area contributed by atoms with Crippen LogP contribution in [-0.2, 0) is 9.59 Å². The molecule has 1 aliphatic heterocycles. The molecular weight excluding hydrogens is 228 g/mol. The highest BCUT2D eigenvalue weighted by Crippen LogP contribution is 2.26. The first-order valence-electron chi connectivity index (χ1n) is 6.39. The second-order valence-corrected chi connectivity index (χ2v) is 4.52. The summed E-state index contributed by atoms with van der Waals surface area (Å²) < 4.78 is 0. The molecular formula is C14H22N2O2. The van der Waals surface area contributed by atoms with Gasteiger partial charge in [0, 0.05) is 25.7 Å². The van der Waals surface area contributed by atoms with E-state index in [2.05, 4.69) is 17.1 Å². The average Bonchev–Trinajstić information content (AvgIpc) is 2.73. The van der Waals surface area contributed by atoms with Crippen molar-refractivity contribution in [3.63, 3.8) is 0 Å². The summed E-state index contributed by atoms with van der Waals surface area (Å²) in [5.74, 6) is -0.0191. The van der Waals surface area contributed by atoms with E-state index >= 15 is 0 Å². The molecule has 0 fully saturated rings. The highest BCUT2D eigenvalue weighted by atomic mass is 16.1. The standard InChI is InChI=1S/C14H22N2O2/c1-4-5-13-11(2)8-9-16(13)12(10-17)6-7-14(18)15-3/h4-5,10,12H,6-9H2,1-3H3,(H,15,18)/b5-4-. The SMILES string of the molecule is C/C=C\C1=C(C)CCN1C(C=O)CCC(=O)NC. The third-order valence-electron chi connectivity index (χ3n) is 3.30. The number of amides is 1. The zero-order valence-electron chi connectivity index (χ0n) is 11.4. The van der Waals surface area contributed by atoms with Crippen molar-refractivity contribution in [3.8, 4) is 0 Å². The van der Waals surface area contributed by atoms with Gasteiger partial charge in [-0.05, 0) is 38.3 Å². The van der Waals surface area contributed by atoms with Crippen molar-refractivity contribution in [1.29, 1.82) is 0 Å². The van der Waals surface area contributed by atoms with Crippen molar-refractivity contribution in [2.75, 3.05) is 13.6 Å². The number of rotatable bonds is 6. The number of aldehydes is 1. The van der Waals surface area contributed by atoms with Crippen LogP contribution in [0.2, 0.25) is 0 Å². The van der Waals surface area contributed by atoms with Crippen molar-refractivity contribution in [2.24, 2.45) is 0 Å². The summed E-state index contributed by atoms with van der Waals surface area (Å²) in [7, 11) is 1.61. The van der Waals surface area contributed by atoms with Crippen LogP contribution in [0.15, 0.2) is 23.4 Å². The van der Waals surface area contributed by atoms with Gasteiger partial charge in [0.2, 0.25) is 5.91 Å². The molecule has 1 heterocycles. The molecule has 0 aromatic carbocycles. The molecule has 0 aromatic rings. The number of allylic oxidation sites excluding steroid dienone is 2. The van der Waals surface area contributed by atoms with E-state index in [1.54, 1.807) is 7.05 Å². The summed E-state index contributed by atoms with van der Waals surface area (Å²) in [5, 5.41) is 2.58. The Morgan fingerprint density at radius 1 is 1.56 bits per heavy atom. The zero-order valence-corrected chi connectivity index (χ0v) is 11.4. The van der Waals surface area contributed by atoms with Gasteiger partial charge in [0.15, 0.2) is 0 Å². The van der Waals surface area contributed by atoms with Gasteiger partial charge in [-0.15, -0.1) is 0 Å². The molecule has 100 valence electrons. The van der Waals surface area contributed by atoms with Crippen molar-refractivity contribution in [3.05, 3.63) is 23.4 Å². The molecule has 0 bridgehead atoms. The molecule has 1 unspecified atom stereocenters. The van der Waals surface area contributed by atoms with Crippen molar-refractivity contribution in [1.82, 2.24) is 10.2 Å². The van der Waals surface area contributed by atoms with E-state index in [1.807, 2.05) is 19.1 Å². The second-order valence-electron chi connectivity index (χ2n) is 4.52. The summed E-state index contributed by atoms with van der Waals surface area (Å²) >= 11 is 0. The van der Waals surface area contributed by atoms with E-state index < -0.39 is 0 Å². The Balaban J connectivity index is 2.71. The normalized spacial score (nSPS) is 17.4. The number of carbonyl (C=O) groups excluding carboxylic acids is 2. The van der Waals surface area contributed by atoms with E-state index in [9.17, 15) is 9.59 Å². The fourth-order valence-corrected chi connectivity index (χ4v) is 2.22. The Labute approximate surface area is 109 Å². The lowest BCUT2D eigenvalue weighted by molar-refractivity contribution is -0.121. The molecule has 0 saturated heterocycles. The molecule has 0 saturated carbocycles. The molecule has 1 N–H and O–H groups in total. The molecule has 1 atom stereocenters. The van der Waals surface area contributed by atoms with Gasteiger partial charge >= 0.3 is 0 Å². The van der Waals surface area contributed by atoms with Gasteiger partial charge in [-0.2, -0.15) is 0 Å². The molecule has 0 aromatic heterocycles. The van der Waals surface area contributed by atoms with Crippen LogP contribution in [-0.4, -0.2) is 36.7 Å². The predicted octanol–water partition coefficient (Wildman–Crippen LogP) is 1.64.